The number of fused-ring (bicyclic) bond motifs is 1. The molecule has 0 fully saturated rings. The van der Waals surface area contributed by atoms with Gasteiger partial charge in [0.25, 0.3) is 0 Å². The van der Waals surface area contributed by atoms with E-state index in [0.717, 1.165) is 17.7 Å². The van der Waals surface area contributed by atoms with Crippen LogP contribution in [-0.2, 0) is 11.2 Å². The molecule has 0 radical (unpaired) electrons. The van der Waals surface area contributed by atoms with E-state index in [-0.39, 0.29) is 12.5 Å². The lowest BCUT2D eigenvalue weighted by molar-refractivity contribution is -0.137. The molecule has 0 spiro atoms. The van der Waals surface area contributed by atoms with Crippen molar-refractivity contribution in [1.29, 1.82) is 0 Å². The summed E-state index contributed by atoms with van der Waals surface area (Å²) in [6.45, 7) is 6.57. The van der Waals surface area contributed by atoms with Gasteiger partial charge in [0.2, 0.25) is 0 Å². The maximum Gasteiger partial charge on any atom is 0.321 e. The monoisotopic (exact) mass is 362 g/mol. The van der Waals surface area contributed by atoms with Crippen molar-refractivity contribution in [3.05, 3.63) is 23.8 Å². The molecule has 8 nitrogen and oxygen atoms in total. The number of nitrogens with one attached hydrogen (secondary N) is 3. The van der Waals surface area contributed by atoms with Gasteiger partial charge in [0.05, 0.1) is 5.69 Å². The van der Waals surface area contributed by atoms with Crippen LogP contribution >= 0.6 is 0 Å². The Bertz CT molecular complexity index is 702. The summed E-state index contributed by atoms with van der Waals surface area (Å²) in [4.78, 5) is 36.7. The van der Waals surface area contributed by atoms with Crippen molar-refractivity contribution in [1.82, 2.24) is 10.6 Å². The molecule has 0 saturated carbocycles. The first-order chi connectivity index (χ1) is 12.2. The predicted octanol–water partition coefficient (Wildman–Crippen LogP) is 2.54. The fraction of sp³-hybridized carbons (Fsp3) is 0.500. The number of carboxylic acids is 1. The summed E-state index contributed by atoms with van der Waals surface area (Å²) in [6, 6.07) is 4.91. The Kier molecular flexibility index (Phi) is 6.07. The second-order valence-corrected chi connectivity index (χ2v) is 6.94. The first-order valence-electron chi connectivity index (χ1n) is 8.71. The van der Waals surface area contributed by atoms with Gasteiger partial charge in [-0.15, -0.1) is 0 Å². The Morgan fingerprint density at radius 3 is 2.65 bits per heavy atom. The molecule has 26 heavy (non-hydrogen) atoms. The molecule has 0 aromatic heterocycles. The number of carbonyl (C=O) groups is 3. The molecule has 0 atom stereocenters. The van der Waals surface area contributed by atoms with Gasteiger partial charge in [0.1, 0.15) is 0 Å². The van der Waals surface area contributed by atoms with Crippen LogP contribution in [0.1, 0.15) is 39.2 Å². The minimum atomic E-state index is -0.899. The summed E-state index contributed by atoms with van der Waals surface area (Å²) in [7, 11) is 0. The van der Waals surface area contributed by atoms with E-state index in [4.69, 9.17) is 5.11 Å². The topological polar surface area (TPSA) is 111 Å². The van der Waals surface area contributed by atoms with E-state index in [0.29, 0.717) is 25.2 Å². The third-order valence-electron chi connectivity index (χ3n) is 4.23. The second kappa shape index (κ2) is 8.07. The zero-order valence-electron chi connectivity index (χ0n) is 15.4. The Morgan fingerprint density at radius 1 is 1.27 bits per heavy atom. The molecule has 2 rings (SSSR count). The molecule has 0 bridgehead atoms. The lowest BCUT2D eigenvalue weighted by Crippen LogP contribution is -2.45. The fourth-order valence-corrected chi connectivity index (χ4v) is 2.87. The van der Waals surface area contributed by atoms with Gasteiger partial charge in [-0.05, 0) is 51.3 Å². The molecule has 1 aliphatic rings. The van der Waals surface area contributed by atoms with Gasteiger partial charge >= 0.3 is 18.0 Å². The highest BCUT2D eigenvalue weighted by molar-refractivity contribution is 5.96. The van der Waals surface area contributed by atoms with Gasteiger partial charge in [0.15, 0.2) is 0 Å². The number of nitrogens with zero attached hydrogens (tertiary/aromatic N) is 1. The SMILES string of the molecule is CCNC(=O)N1CCc2ccc(NC(=O)NC(C)(C)CCC(=O)O)cc21. The minimum Gasteiger partial charge on any atom is -0.481 e. The highest BCUT2D eigenvalue weighted by atomic mass is 16.4. The Morgan fingerprint density at radius 2 is 2.00 bits per heavy atom. The van der Waals surface area contributed by atoms with Gasteiger partial charge in [0, 0.05) is 30.7 Å². The summed E-state index contributed by atoms with van der Waals surface area (Å²) in [6.07, 6.45) is 1.08. The molecule has 142 valence electrons. The molecule has 0 unspecified atom stereocenters. The first kappa shape index (κ1) is 19.6. The molecular formula is C18H26N4O4. The second-order valence-electron chi connectivity index (χ2n) is 6.94. The lowest BCUT2D eigenvalue weighted by Gasteiger charge is -2.26. The molecule has 4 amide bonds. The molecule has 0 saturated heterocycles. The van der Waals surface area contributed by atoms with Crippen LogP contribution in [0.3, 0.4) is 0 Å². The molecule has 1 aromatic carbocycles. The van der Waals surface area contributed by atoms with Crippen LogP contribution in [0, 0.1) is 0 Å². The molecule has 4 N–H and O–H groups in total. The number of urea groups is 2. The van der Waals surface area contributed by atoms with Crippen LogP contribution < -0.4 is 20.9 Å². The zero-order chi connectivity index (χ0) is 19.3. The average molecular weight is 362 g/mol. The van der Waals surface area contributed by atoms with Gasteiger partial charge in [-0.25, -0.2) is 9.59 Å². The van der Waals surface area contributed by atoms with Gasteiger partial charge < -0.3 is 21.1 Å². The quantitative estimate of drug-likeness (QED) is 0.623. The van der Waals surface area contributed by atoms with Crippen molar-refractivity contribution in [3.8, 4) is 0 Å². The molecule has 0 aliphatic carbocycles. The lowest BCUT2D eigenvalue weighted by atomic mass is 9.99. The Hall–Kier alpha value is -2.77. The molecule has 1 aliphatic heterocycles. The van der Waals surface area contributed by atoms with E-state index in [9.17, 15) is 14.4 Å². The Balaban J connectivity index is 2.02. The van der Waals surface area contributed by atoms with Crippen LogP contribution in [0.25, 0.3) is 0 Å². The van der Waals surface area contributed by atoms with E-state index in [2.05, 4.69) is 16.0 Å². The summed E-state index contributed by atoms with van der Waals surface area (Å²) in [5.74, 6) is -0.899. The van der Waals surface area contributed by atoms with Crippen LogP contribution in [0.2, 0.25) is 0 Å². The predicted molar refractivity (Wildman–Crippen MR) is 99.7 cm³/mol. The van der Waals surface area contributed by atoms with E-state index in [1.54, 1.807) is 30.9 Å². The molecule has 1 aromatic rings. The van der Waals surface area contributed by atoms with Gasteiger partial charge in [-0.2, -0.15) is 0 Å². The highest BCUT2D eigenvalue weighted by Crippen LogP contribution is 2.31. The maximum atomic E-state index is 12.2. The van der Waals surface area contributed by atoms with Crippen LogP contribution in [-0.4, -0.2) is 41.8 Å². The number of carbonyl (C=O) groups excluding carboxylic acids is 2. The van der Waals surface area contributed by atoms with Crippen molar-refractivity contribution < 1.29 is 19.5 Å². The number of carboxylic acid groups (broad SMARTS) is 1. The third kappa shape index (κ3) is 5.11. The maximum absolute atomic E-state index is 12.2. The molecule has 8 heteroatoms. The molecule has 1 heterocycles. The summed E-state index contributed by atoms with van der Waals surface area (Å²) < 4.78 is 0. The molecular weight excluding hydrogens is 336 g/mol. The number of aliphatic carboxylic acids is 1. The van der Waals surface area contributed by atoms with Crippen molar-refractivity contribution >= 4 is 29.4 Å². The minimum absolute atomic E-state index is 0.0202. The number of hydrogen-bond donors (Lipinski definition) is 4. The van der Waals surface area contributed by atoms with Crippen LogP contribution in [0.4, 0.5) is 21.0 Å². The van der Waals surface area contributed by atoms with Crippen molar-refractivity contribution in [2.75, 3.05) is 23.3 Å². The van der Waals surface area contributed by atoms with Crippen LogP contribution in [0.15, 0.2) is 18.2 Å². The van der Waals surface area contributed by atoms with Crippen molar-refractivity contribution in [2.45, 2.75) is 45.6 Å². The Labute approximate surface area is 152 Å². The zero-order valence-corrected chi connectivity index (χ0v) is 15.4. The largest absolute Gasteiger partial charge is 0.481 e. The smallest absolute Gasteiger partial charge is 0.321 e. The summed E-state index contributed by atoms with van der Waals surface area (Å²) in [5, 5.41) is 17.1. The van der Waals surface area contributed by atoms with E-state index in [1.807, 2.05) is 13.0 Å². The first-order valence-corrected chi connectivity index (χ1v) is 8.71. The normalized spacial score (nSPS) is 13.1. The number of benzene rings is 1. The van der Waals surface area contributed by atoms with Gasteiger partial charge in [-0.3, -0.25) is 9.69 Å². The standard InChI is InChI=1S/C18H26N4O4/c1-4-19-17(26)22-10-8-12-5-6-13(11-14(12)22)20-16(25)21-18(2,3)9-7-15(23)24/h5-6,11H,4,7-10H2,1-3H3,(H,19,26)(H,23,24)(H2,20,21,25). The summed E-state index contributed by atoms with van der Waals surface area (Å²) >= 11 is 0. The number of amides is 4. The summed E-state index contributed by atoms with van der Waals surface area (Å²) in [5.41, 5.74) is 1.78. The van der Waals surface area contributed by atoms with E-state index < -0.39 is 17.5 Å². The average Bonchev–Trinajstić information content (AvgIpc) is 2.96. The van der Waals surface area contributed by atoms with Gasteiger partial charge in [-0.1, -0.05) is 6.07 Å². The van der Waals surface area contributed by atoms with Crippen molar-refractivity contribution in [2.24, 2.45) is 0 Å². The number of rotatable bonds is 6. The van der Waals surface area contributed by atoms with Crippen LogP contribution in [0.5, 0.6) is 0 Å². The highest BCUT2D eigenvalue weighted by Gasteiger charge is 2.25. The third-order valence-corrected chi connectivity index (χ3v) is 4.23. The fourth-order valence-electron chi connectivity index (χ4n) is 2.87. The van der Waals surface area contributed by atoms with Crippen molar-refractivity contribution in [3.63, 3.8) is 0 Å². The van der Waals surface area contributed by atoms with E-state index in [1.165, 1.54) is 0 Å². The number of hydrogen-bond acceptors (Lipinski definition) is 3. The number of anilines is 2. The van der Waals surface area contributed by atoms with E-state index >= 15 is 0 Å².